The molecule has 1 aromatic rings. The maximum Gasteiger partial charge on any atom is 0.173 e. The van der Waals surface area contributed by atoms with Crippen molar-refractivity contribution in [2.24, 2.45) is 0 Å². The van der Waals surface area contributed by atoms with Crippen molar-refractivity contribution in [3.63, 3.8) is 0 Å². The van der Waals surface area contributed by atoms with Crippen molar-refractivity contribution in [1.82, 2.24) is 0 Å². The van der Waals surface area contributed by atoms with Crippen LogP contribution in [0, 0.1) is 5.82 Å². The summed E-state index contributed by atoms with van der Waals surface area (Å²) in [5, 5.41) is 0.304. The van der Waals surface area contributed by atoms with E-state index < -0.39 is 0 Å². The average molecular weight is 217 g/mol. The van der Waals surface area contributed by atoms with Gasteiger partial charge in [-0.05, 0) is 17.0 Å². The second-order valence-electron chi connectivity index (χ2n) is 4.19. The van der Waals surface area contributed by atoms with E-state index >= 15 is 0 Å². The summed E-state index contributed by atoms with van der Waals surface area (Å²) < 4.78 is 18.7. The first-order valence-corrected chi connectivity index (χ1v) is 4.78. The molecule has 3 heteroatoms. The first-order chi connectivity index (χ1) is 6.38. The molecular formula is C11H14ClFO. The van der Waals surface area contributed by atoms with Crippen LogP contribution in [-0.4, -0.2) is 7.11 Å². The van der Waals surface area contributed by atoms with Crippen LogP contribution in [-0.2, 0) is 5.41 Å². The molecule has 1 aromatic carbocycles. The zero-order valence-corrected chi connectivity index (χ0v) is 9.57. The summed E-state index contributed by atoms with van der Waals surface area (Å²) in [7, 11) is 1.41. The van der Waals surface area contributed by atoms with Gasteiger partial charge in [0, 0.05) is 0 Å². The number of hydrogen-bond acceptors (Lipinski definition) is 1. The molecule has 0 unspecified atom stereocenters. The molecule has 0 radical (unpaired) electrons. The number of rotatable bonds is 1. The van der Waals surface area contributed by atoms with Crippen molar-refractivity contribution in [2.45, 2.75) is 26.2 Å². The van der Waals surface area contributed by atoms with Crippen LogP contribution < -0.4 is 4.74 Å². The zero-order valence-electron chi connectivity index (χ0n) is 8.82. The van der Waals surface area contributed by atoms with Crippen molar-refractivity contribution in [1.29, 1.82) is 0 Å². The third-order valence-corrected chi connectivity index (χ3v) is 2.36. The van der Waals surface area contributed by atoms with Crippen LogP contribution in [0.2, 0.25) is 5.02 Å². The van der Waals surface area contributed by atoms with Gasteiger partial charge < -0.3 is 4.74 Å². The molecule has 14 heavy (non-hydrogen) atoms. The maximum atomic E-state index is 13.8. The Kier molecular flexibility index (Phi) is 3.05. The van der Waals surface area contributed by atoms with Crippen LogP contribution in [0.1, 0.15) is 26.3 Å². The van der Waals surface area contributed by atoms with Gasteiger partial charge in [-0.2, -0.15) is 0 Å². The molecule has 0 saturated carbocycles. The summed E-state index contributed by atoms with van der Waals surface area (Å²) in [5.74, 6) is -0.244. The Morgan fingerprint density at radius 1 is 1.29 bits per heavy atom. The molecule has 0 amide bonds. The summed E-state index contributed by atoms with van der Waals surface area (Å²) in [6, 6.07) is 3.35. The predicted octanol–water partition coefficient (Wildman–Crippen LogP) is 3.79. The number of ether oxygens (including phenoxy) is 1. The van der Waals surface area contributed by atoms with Gasteiger partial charge in [0.25, 0.3) is 0 Å². The Bertz CT molecular complexity index is 342. The minimum atomic E-state index is -0.368. The third-order valence-electron chi connectivity index (χ3n) is 2.06. The lowest BCUT2D eigenvalue weighted by molar-refractivity contribution is 0.378. The first-order valence-electron chi connectivity index (χ1n) is 4.40. The van der Waals surface area contributed by atoms with E-state index in [0.717, 1.165) is 0 Å². The molecule has 0 spiro atoms. The number of methoxy groups -OCH3 is 1. The highest BCUT2D eigenvalue weighted by molar-refractivity contribution is 6.32. The fourth-order valence-electron chi connectivity index (χ4n) is 1.30. The van der Waals surface area contributed by atoms with Crippen molar-refractivity contribution >= 4 is 11.6 Å². The largest absolute Gasteiger partial charge is 0.492 e. The van der Waals surface area contributed by atoms with E-state index in [0.29, 0.717) is 10.6 Å². The van der Waals surface area contributed by atoms with Gasteiger partial charge in [-0.1, -0.05) is 38.4 Å². The van der Waals surface area contributed by atoms with E-state index in [4.69, 9.17) is 16.3 Å². The van der Waals surface area contributed by atoms with Gasteiger partial charge in [0.05, 0.1) is 12.1 Å². The Balaban J connectivity index is 3.36. The van der Waals surface area contributed by atoms with Crippen LogP contribution in [0.15, 0.2) is 12.1 Å². The van der Waals surface area contributed by atoms with Crippen LogP contribution in [0.5, 0.6) is 5.75 Å². The van der Waals surface area contributed by atoms with Gasteiger partial charge in [0.1, 0.15) is 0 Å². The molecule has 0 aromatic heterocycles. The maximum absolute atomic E-state index is 13.8. The minimum absolute atomic E-state index is 0.124. The lowest BCUT2D eigenvalue weighted by atomic mass is 9.86. The van der Waals surface area contributed by atoms with Crippen LogP contribution in [0.4, 0.5) is 4.39 Å². The van der Waals surface area contributed by atoms with Crippen LogP contribution in [0.25, 0.3) is 0 Å². The molecule has 0 atom stereocenters. The SMILES string of the molecule is COc1c(Cl)ccc(C(C)(C)C)c1F. The molecular weight excluding hydrogens is 203 g/mol. The zero-order chi connectivity index (χ0) is 10.9. The molecule has 0 aliphatic heterocycles. The van der Waals surface area contributed by atoms with E-state index in [9.17, 15) is 4.39 Å². The fraction of sp³-hybridized carbons (Fsp3) is 0.455. The van der Waals surface area contributed by atoms with Gasteiger partial charge in [-0.3, -0.25) is 0 Å². The second kappa shape index (κ2) is 3.77. The van der Waals surface area contributed by atoms with Crippen LogP contribution in [0.3, 0.4) is 0 Å². The molecule has 1 nitrogen and oxygen atoms in total. The summed E-state index contributed by atoms with van der Waals surface area (Å²) in [4.78, 5) is 0. The van der Waals surface area contributed by atoms with Crippen molar-refractivity contribution in [3.8, 4) is 5.75 Å². The monoisotopic (exact) mass is 216 g/mol. The molecule has 0 N–H and O–H groups in total. The quantitative estimate of drug-likeness (QED) is 0.694. The van der Waals surface area contributed by atoms with E-state index in [2.05, 4.69) is 0 Å². The van der Waals surface area contributed by atoms with Crippen molar-refractivity contribution in [2.75, 3.05) is 7.11 Å². The van der Waals surface area contributed by atoms with Gasteiger partial charge in [-0.15, -0.1) is 0 Å². The van der Waals surface area contributed by atoms with E-state index in [1.807, 2.05) is 20.8 Å². The summed E-state index contributed by atoms with van der Waals surface area (Å²) in [6.07, 6.45) is 0. The normalized spacial score (nSPS) is 11.6. The molecule has 0 bridgehead atoms. The molecule has 0 aliphatic rings. The van der Waals surface area contributed by atoms with E-state index in [1.165, 1.54) is 7.11 Å². The summed E-state index contributed by atoms with van der Waals surface area (Å²) >= 11 is 5.79. The molecule has 0 fully saturated rings. The van der Waals surface area contributed by atoms with Gasteiger partial charge in [0.2, 0.25) is 0 Å². The predicted molar refractivity (Wildman–Crippen MR) is 56.7 cm³/mol. The minimum Gasteiger partial charge on any atom is -0.492 e. The Labute approximate surface area is 88.8 Å². The van der Waals surface area contributed by atoms with Crippen LogP contribution >= 0.6 is 11.6 Å². The Morgan fingerprint density at radius 3 is 2.29 bits per heavy atom. The second-order valence-corrected chi connectivity index (χ2v) is 4.60. The van der Waals surface area contributed by atoms with Gasteiger partial charge in [-0.25, -0.2) is 4.39 Å². The van der Waals surface area contributed by atoms with E-state index in [1.54, 1.807) is 12.1 Å². The smallest absolute Gasteiger partial charge is 0.173 e. The lowest BCUT2D eigenvalue weighted by Gasteiger charge is -2.21. The van der Waals surface area contributed by atoms with Gasteiger partial charge in [0.15, 0.2) is 11.6 Å². The lowest BCUT2D eigenvalue weighted by Crippen LogP contribution is -2.14. The number of halogens is 2. The topological polar surface area (TPSA) is 9.23 Å². The summed E-state index contributed by atoms with van der Waals surface area (Å²) in [5.41, 5.74) is 0.362. The Morgan fingerprint density at radius 2 is 1.86 bits per heavy atom. The highest BCUT2D eigenvalue weighted by Crippen LogP contribution is 2.35. The highest BCUT2D eigenvalue weighted by Gasteiger charge is 2.22. The summed E-state index contributed by atoms with van der Waals surface area (Å²) in [6.45, 7) is 5.83. The average Bonchev–Trinajstić information content (AvgIpc) is 2.02. The van der Waals surface area contributed by atoms with Gasteiger partial charge >= 0.3 is 0 Å². The molecule has 78 valence electrons. The first kappa shape index (κ1) is 11.3. The number of hydrogen-bond donors (Lipinski definition) is 0. The Hall–Kier alpha value is -0.760. The number of benzene rings is 1. The molecule has 0 saturated heterocycles. The third kappa shape index (κ3) is 2.01. The highest BCUT2D eigenvalue weighted by atomic mass is 35.5. The molecule has 0 heterocycles. The molecule has 0 aliphatic carbocycles. The van der Waals surface area contributed by atoms with E-state index in [-0.39, 0.29) is 17.0 Å². The fourth-order valence-corrected chi connectivity index (χ4v) is 1.52. The molecule has 1 rings (SSSR count). The van der Waals surface area contributed by atoms with Crippen molar-refractivity contribution < 1.29 is 9.13 Å². The van der Waals surface area contributed by atoms with Crippen molar-refractivity contribution in [3.05, 3.63) is 28.5 Å². The standard InChI is InChI=1S/C11H14ClFO/c1-11(2,3)7-5-6-8(12)10(14-4)9(7)13/h5-6H,1-4H3.